The van der Waals surface area contributed by atoms with Crippen LogP contribution in [0.15, 0.2) is 18.2 Å². The van der Waals surface area contributed by atoms with Gasteiger partial charge in [-0.25, -0.2) is 0 Å². The zero-order chi connectivity index (χ0) is 12.8. The second-order valence-corrected chi connectivity index (χ2v) is 4.51. The van der Waals surface area contributed by atoms with Crippen molar-refractivity contribution in [2.24, 2.45) is 5.73 Å². The van der Waals surface area contributed by atoms with E-state index < -0.39 is 0 Å². The Morgan fingerprint density at radius 1 is 1.35 bits per heavy atom. The van der Waals surface area contributed by atoms with E-state index in [0.29, 0.717) is 36.1 Å². The van der Waals surface area contributed by atoms with Gasteiger partial charge in [0.25, 0.3) is 0 Å². The van der Waals surface area contributed by atoms with Gasteiger partial charge in [0.05, 0.1) is 10.0 Å². The monoisotopic (exact) mass is 274 g/mol. The fourth-order valence-electron chi connectivity index (χ4n) is 1.52. The summed E-state index contributed by atoms with van der Waals surface area (Å²) in [6.45, 7) is 3.49. The maximum atomic E-state index is 11.7. The molecule has 0 saturated heterocycles. The molecule has 0 fully saturated rings. The summed E-state index contributed by atoms with van der Waals surface area (Å²) in [6, 6.07) is 5.38. The van der Waals surface area contributed by atoms with Gasteiger partial charge in [-0.1, -0.05) is 29.3 Å². The number of nitrogens with zero attached hydrogens (tertiary/aromatic N) is 1. The molecule has 0 saturated carbocycles. The molecule has 5 heteroatoms. The number of nitrogens with two attached hydrogens (primary N) is 1. The van der Waals surface area contributed by atoms with Crippen LogP contribution in [0.1, 0.15) is 18.9 Å². The van der Waals surface area contributed by atoms with E-state index in [-0.39, 0.29) is 5.91 Å². The Balaban J connectivity index is 2.73. The molecule has 0 heterocycles. The van der Waals surface area contributed by atoms with E-state index in [1.807, 2.05) is 13.0 Å². The number of carbonyl (C=O) groups is 1. The summed E-state index contributed by atoms with van der Waals surface area (Å²) >= 11 is 11.8. The van der Waals surface area contributed by atoms with Gasteiger partial charge < -0.3 is 10.6 Å². The SMILES string of the molecule is CCN(Cc1ccc(Cl)c(Cl)c1)C(=O)CCN. The fraction of sp³-hybridized carbons (Fsp3) is 0.417. The Kier molecular flexibility index (Phi) is 5.75. The molecular weight excluding hydrogens is 259 g/mol. The lowest BCUT2D eigenvalue weighted by atomic mass is 10.2. The van der Waals surface area contributed by atoms with E-state index in [1.165, 1.54) is 0 Å². The predicted molar refractivity (Wildman–Crippen MR) is 71.2 cm³/mol. The van der Waals surface area contributed by atoms with Gasteiger partial charge in [0.1, 0.15) is 0 Å². The first kappa shape index (κ1) is 14.3. The maximum Gasteiger partial charge on any atom is 0.224 e. The molecule has 1 rings (SSSR count). The van der Waals surface area contributed by atoms with Crippen molar-refractivity contribution in [1.82, 2.24) is 4.90 Å². The average Bonchev–Trinajstić information content (AvgIpc) is 2.30. The first-order valence-corrected chi connectivity index (χ1v) is 6.25. The topological polar surface area (TPSA) is 46.3 Å². The molecule has 2 N–H and O–H groups in total. The molecule has 3 nitrogen and oxygen atoms in total. The molecule has 0 aromatic heterocycles. The van der Waals surface area contributed by atoms with Gasteiger partial charge >= 0.3 is 0 Å². The molecule has 94 valence electrons. The van der Waals surface area contributed by atoms with Crippen molar-refractivity contribution in [2.45, 2.75) is 19.9 Å². The van der Waals surface area contributed by atoms with Crippen LogP contribution in [0.5, 0.6) is 0 Å². The second kappa shape index (κ2) is 6.84. The van der Waals surface area contributed by atoms with E-state index in [9.17, 15) is 4.79 Å². The molecule has 17 heavy (non-hydrogen) atoms. The van der Waals surface area contributed by atoms with Crippen molar-refractivity contribution in [1.29, 1.82) is 0 Å². The first-order chi connectivity index (χ1) is 8.08. The number of benzene rings is 1. The highest BCUT2D eigenvalue weighted by atomic mass is 35.5. The van der Waals surface area contributed by atoms with E-state index in [1.54, 1.807) is 17.0 Å². The summed E-state index contributed by atoms with van der Waals surface area (Å²) in [5.74, 6) is 0.0565. The van der Waals surface area contributed by atoms with Crippen molar-refractivity contribution < 1.29 is 4.79 Å². The minimum Gasteiger partial charge on any atom is -0.339 e. The van der Waals surface area contributed by atoms with Gasteiger partial charge in [0.2, 0.25) is 5.91 Å². The largest absolute Gasteiger partial charge is 0.339 e. The van der Waals surface area contributed by atoms with Gasteiger partial charge in [-0.2, -0.15) is 0 Å². The summed E-state index contributed by atoms with van der Waals surface area (Å²) in [4.78, 5) is 13.5. The molecule has 0 bridgehead atoms. The number of carbonyl (C=O) groups excluding carboxylic acids is 1. The lowest BCUT2D eigenvalue weighted by Crippen LogP contribution is -2.31. The van der Waals surface area contributed by atoms with Crippen LogP contribution < -0.4 is 5.73 Å². The molecule has 0 aliphatic rings. The van der Waals surface area contributed by atoms with Crippen LogP contribution >= 0.6 is 23.2 Å². The third-order valence-electron chi connectivity index (χ3n) is 2.45. The van der Waals surface area contributed by atoms with Crippen LogP contribution in [-0.2, 0) is 11.3 Å². The molecule has 0 radical (unpaired) electrons. The highest BCUT2D eigenvalue weighted by molar-refractivity contribution is 6.42. The molecule has 1 aromatic carbocycles. The van der Waals surface area contributed by atoms with E-state index in [4.69, 9.17) is 28.9 Å². The van der Waals surface area contributed by atoms with E-state index >= 15 is 0 Å². The highest BCUT2D eigenvalue weighted by Gasteiger charge is 2.11. The third-order valence-corrected chi connectivity index (χ3v) is 3.19. The quantitative estimate of drug-likeness (QED) is 0.898. The molecule has 1 amide bonds. The highest BCUT2D eigenvalue weighted by Crippen LogP contribution is 2.23. The Hall–Kier alpha value is -0.770. The van der Waals surface area contributed by atoms with Crippen LogP contribution in [0.2, 0.25) is 10.0 Å². The van der Waals surface area contributed by atoms with Crippen molar-refractivity contribution in [3.63, 3.8) is 0 Å². The molecule has 0 unspecified atom stereocenters. The van der Waals surface area contributed by atoms with Gasteiger partial charge in [-0.15, -0.1) is 0 Å². The average molecular weight is 275 g/mol. The Morgan fingerprint density at radius 2 is 2.06 bits per heavy atom. The number of halogens is 2. The summed E-state index contributed by atoms with van der Waals surface area (Å²) in [5, 5.41) is 1.03. The van der Waals surface area contributed by atoms with E-state index in [2.05, 4.69) is 0 Å². The van der Waals surface area contributed by atoms with Gasteiger partial charge in [0, 0.05) is 26.1 Å². The van der Waals surface area contributed by atoms with Crippen molar-refractivity contribution >= 4 is 29.1 Å². The minimum atomic E-state index is 0.0565. The first-order valence-electron chi connectivity index (χ1n) is 5.50. The van der Waals surface area contributed by atoms with Gasteiger partial charge in [-0.3, -0.25) is 4.79 Å². The lowest BCUT2D eigenvalue weighted by Gasteiger charge is -2.21. The molecule has 0 aliphatic heterocycles. The number of hydrogen-bond donors (Lipinski definition) is 1. The van der Waals surface area contributed by atoms with Crippen LogP contribution in [0, 0.1) is 0 Å². The Bertz CT molecular complexity index is 396. The molecule has 1 aromatic rings. The maximum absolute atomic E-state index is 11.7. The van der Waals surface area contributed by atoms with Crippen molar-refractivity contribution in [2.75, 3.05) is 13.1 Å². The normalized spacial score (nSPS) is 10.4. The lowest BCUT2D eigenvalue weighted by molar-refractivity contribution is -0.131. The van der Waals surface area contributed by atoms with E-state index in [0.717, 1.165) is 5.56 Å². The van der Waals surface area contributed by atoms with Crippen molar-refractivity contribution in [3.8, 4) is 0 Å². The zero-order valence-corrected chi connectivity index (χ0v) is 11.3. The fourth-order valence-corrected chi connectivity index (χ4v) is 1.84. The zero-order valence-electron chi connectivity index (χ0n) is 9.75. The minimum absolute atomic E-state index is 0.0565. The summed E-state index contributed by atoms with van der Waals surface area (Å²) in [6.07, 6.45) is 0.370. The summed E-state index contributed by atoms with van der Waals surface area (Å²) in [5.41, 5.74) is 6.34. The summed E-state index contributed by atoms with van der Waals surface area (Å²) < 4.78 is 0. The molecule has 0 spiro atoms. The number of rotatable bonds is 5. The number of amides is 1. The van der Waals surface area contributed by atoms with Crippen molar-refractivity contribution in [3.05, 3.63) is 33.8 Å². The second-order valence-electron chi connectivity index (χ2n) is 3.70. The van der Waals surface area contributed by atoms with Gasteiger partial charge in [0.15, 0.2) is 0 Å². The Labute approximate surface area is 111 Å². The standard InChI is InChI=1S/C12H16Cl2N2O/c1-2-16(12(17)5-6-15)8-9-3-4-10(13)11(14)7-9/h3-4,7H,2,5-6,8,15H2,1H3. The molecule has 0 atom stereocenters. The number of hydrogen-bond acceptors (Lipinski definition) is 2. The van der Waals surface area contributed by atoms with Crippen LogP contribution in [0.4, 0.5) is 0 Å². The predicted octanol–water partition coefficient (Wildman–Crippen LogP) is 2.69. The van der Waals surface area contributed by atoms with Crippen LogP contribution in [-0.4, -0.2) is 23.9 Å². The molecule has 0 aliphatic carbocycles. The van der Waals surface area contributed by atoms with Crippen LogP contribution in [0.25, 0.3) is 0 Å². The third kappa shape index (κ3) is 4.19. The van der Waals surface area contributed by atoms with Gasteiger partial charge in [-0.05, 0) is 24.6 Å². The molecular formula is C12H16Cl2N2O. The Morgan fingerprint density at radius 3 is 2.59 bits per heavy atom. The summed E-state index contributed by atoms with van der Waals surface area (Å²) in [7, 11) is 0. The smallest absolute Gasteiger partial charge is 0.224 e. The van der Waals surface area contributed by atoms with Crippen LogP contribution in [0.3, 0.4) is 0 Å².